The molecule has 0 radical (unpaired) electrons. The Morgan fingerprint density at radius 2 is 1.62 bits per heavy atom. The molecule has 0 saturated carbocycles. The molecule has 0 saturated heterocycles. The van der Waals surface area contributed by atoms with Crippen LogP contribution in [-0.2, 0) is 5.75 Å². The second-order valence-electron chi connectivity index (χ2n) is 6.23. The lowest BCUT2D eigenvalue weighted by Crippen LogP contribution is -2.21. The van der Waals surface area contributed by atoms with Gasteiger partial charge in [0.1, 0.15) is 0 Å². The van der Waals surface area contributed by atoms with Crippen molar-refractivity contribution in [2.45, 2.75) is 10.9 Å². The highest BCUT2D eigenvalue weighted by atomic mass is 35.5. The minimum absolute atomic E-state index is 0.159. The van der Waals surface area contributed by atoms with Crippen LogP contribution in [0.3, 0.4) is 0 Å². The van der Waals surface area contributed by atoms with E-state index in [1.54, 1.807) is 24.3 Å². The van der Waals surface area contributed by atoms with Crippen molar-refractivity contribution in [2.75, 3.05) is 0 Å². The summed E-state index contributed by atoms with van der Waals surface area (Å²) in [6.45, 7) is 0. The van der Waals surface area contributed by atoms with Crippen LogP contribution in [0.25, 0.3) is 17.1 Å². The van der Waals surface area contributed by atoms with Gasteiger partial charge in [-0.3, -0.25) is 4.57 Å². The van der Waals surface area contributed by atoms with Crippen LogP contribution < -0.4 is 5.11 Å². The van der Waals surface area contributed by atoms with Crippen LogP contribution in [0.5, 0.6) is 0 Å². The Balaban J connectivity index is 1.68. The third kappa shape index (κ3) is 4.18. The number of rotatable bonds is 6. The van der Waals surface area contributed by atoms with E-state index >= 15 is 0 Å². The summed E-state index contributed by atoms with van der Waals surface area (Å²) in [6, 6.07) is 24.0. The summed E-state index contributed by atoms with van der Waals surface area (Å²) in [7, 11) is 0. The minimum atomic E-state index is -1.18. The number of benzene rings is 3. The topological polar surface area (TPSA) is 70.8 Å². The monoisotopic (exact) mass is 420 g/mol. The lowest BCUT2D eigenvalue weighted by atomic mass is 10.1. The fourth-order valence-corrected chi connectivity index (χ4v) is 4.00. The Morgan fingerprint density at radius 1 is 0.931 bits per heavy atom. The van der Waals surface area contributed by atoms with Crippen LogP contribution in [0.15, 0.2) is 84.0 Å². The van der Waals surface area contributed by atoms with Gasteiger partial charge in [-0.25, -0.2) is 0 Å². The number of nitrogens with zero attached hydrogens (tertiary/aromatic N) is 3. The Bertz CT molecular complexity index is 1140. The summed E-state index contributed by atoms with van der Waals surface area (Å²) in [5.41, 5.74) is 2.87. The summed E-state index contributed by atoms with van der Waals surface area (Å²) in [5.74, 6) is 0.0925. The number of carboxylic acid groups (broad SMARTS) is 1. The SMILES string of the molecule is O=C([O-])c1ccc(CSc2nnc(-c3ccccc3Cl)n2-c2ccccc2)cc1. The lowest BCUT2D eigenvalue weighted by molar-refractivity contribution is -0.255. The zero-order valence-electron chi connectivity index (χ0n) is 15.2. The van der Waals surface area contributed by atoms with E-state index < -0.39 is 5.97 Å². The van der Waals surface area contributed by atoms with Gasteiger partial charge in [0.25, 0.3) is 0 Å². The summed E-state index contributed by atoms with van der Waals surface area (Å²) >= 11 is 7.91. The number of para-hydroxylation sites is 1. The first kappa shape index (κ1) is 19.2. The van der Waals surface area contributed by atoms with Crippen molar-refractivity contribution in [3.8, 4) is 17.1 Å². The number of aromatic carboxylic acids is 1. The quantitative estimate of drug-likeness (QED) is 0.436. The molecule has 0 aliphatic carbocycles. The molecule has 0 amide bonds. The van der Waals surface area contributed by atoms with E-state index in [9.17, 15) is 9.90 Å². The maximum atomic E-state index is 10.9. The van der Waals surface area contributed by atoms with E-state index in [0.29, 0.717) is 16.6 Å². The van der Waals surface area contributed by atoms with Crippen LogP contribution in [0.2, 0.25) is 5.02 Å². The highest BCUT2D eigenvalue weighted by Gasteiger charge is 2.18. The van der Waals surface area contributed by atoms with Crippen molar-refractivity contribution >= 4 is 29.3 Å². The third-order valence-corrected chi connectivity index (χ3v) is 5.65. The Hall–Kier alpha value is -3.09. The molecule has 5 nitrogen and oxygen atoms in total. The molecule has 1 aromatic heterocycles. The first-order chi connectivity index (χ1) is 14.1. The van der Waals surface area contributed by atoms with E-state index in [1.807, 2.05) is 59.2 Å². The molecule has 0 unspecified atom stereocenters. The van der Waals surface area contributed by atoms with Crippen LogP contribution >= 0.6 is 23.4 Å². The molecule has 0 fully saturated rings. The van der Waals surface area contributed by atoms with E-state index in [2.05, 4.69) is 10.2 Å². The maximum Gasteiger partial charge on any atom is 0.196 e. The Morgan fingerprint density at radius 3 is 2.31 bits per heavy atom. The second-order valence-corrected chi connectivity index (χ2v) is 7.58. The molecule has 29 heavy (non-hydrogen) atoms. The molecule has 4 rings (SSSR count). The van der Waals surface area contributed by atoms with Gasteiger partial charge < -0.3 is 9.90 Å². The number of hydrogen-bond donors (Lipinski definition) is 0. The molecule has 4 aromatic rings. The fraction of sp³-hybridized carbons (Fsp3) is 0.0455. The van der Waals surface area contributed by atoms with Gasteiger partial charge in [0, 0.05) is 17.0 Å². The predicted octanol–water partition coefficient (Wildman–Crippen LogP) is 4.24. The second kappa shape index (κ2) is 8.51. The van der Waals surface area contributed by atoms with Crippen molar-refractivity contribution in [3.63, 3.8) is 0 Å². The van der Waals surface area contributed by atoms with E-state index in [-0.39, 0.29) is 5.56 Å². The standard InChI is InChI=1S/C22H16ClN3O2S/c23-19-9-5-4-8-18(19)20-24-25-22(26(20)17-6-2-1-3-7-17)29-14-15-10-12-16(13-11-15)21(27)28/h1-13H,14H2,(H,27,28)/p-1. The molecule has 0 atom stereocenters. The Labute approximate surface area is 177 Å². The highest BCUT2D eigenvalue weighted by molar-refractivity contribution is 7.98. The van der Waals surface area contributed by atoms with Gasteiger partial charge in [-0.1, -0.05) is 78.0 Å². The number of carbonyl (C=O) groups excluding carboxylic acids is 1. The number of hydrogen-bond acceptors (Lipinski definition) is 5. The molecule has 0 aliphatic heterocycles. The largest absolute Gasteiger partial charge is 0.545 e. The van der Waals surface area contributed by atoms with Gasteiger partial charge >= 0.3 is 0 Å². The highest BCUT2D eigenvalue weighted by Crippen LogP contribution is 2.32. The normalized spacial score (nSPS) is 10.8. The summed E-state index contributed by atoms with van der Waals surface area (Å²) in [4.78, 5) is 10.9. The van der Waals surface area contributed by atoms with Crippen LogP contribution in [0, 0.1) is 0 Å². The van der Waals surface area contributed by atoms with Crippen LogP contribution in [0.4, 0.5) is 0 Å². The van der Waals surface area contributed by atoms with Crippen LogP contribution in [0.1, 0.15) is 15.9 Å². The molecule has 3 aromatic carbocycles. The van der Waals surface area contributed by atoms with Gasteiger partial charge in [-0.15, -0.1) is 10.2 Å². The summed E-state index contributed by atoms with van der Waals surface area (Å²) in [6.07, 6.45) is 0. The number of halogens is 1. The molecule has 0 N–H and O–H groups in total. The van der Waals surface area contributed by atoms with E-state index in [4.69, 9.17) is 11.6 Å². The molecule has 0 aliphatic rings. The average Bonchev–Trinajstić information content (AvgIpc) is 3.17. The third-order valence-electron chi connectivity index (χ3n) is 4.32. The summed E-state index contributed by atoms with van der Waals surface area (Å²) in [5, 5.41) is 21.0. The fourth-order valence-electron chi connectivity index (χ4n) is 2.88. The van der Waals surface area contributed by atoms with E-state index in [0.717, 1.165) is 22.0 Å². The maximum absolute atomic E-state index is 10.9. The zero-order chi connectivity index (χ0) is 20.2. The minimum Gasteiger partial charge on any atom is -0.545 e. The molecular formula is C22H15ClN3O2S-. The van der Waals surface area contributed by atoms with E-state index in [1.165, 1.54) is 11.8 Å². The molecule has 0 bridgehead atoms. The average molecular weight is 421 g/mol. The van der Waals surface area contributed by atoms with Gasteiger partial charge in [0.2, 0.25) is 0 Å². The first-order valence-electron chi connectivity index (χ1n) is 8.82. The van der Waals surface area contributed by atoms with Gasteiger partial charge in [0.15, 0.2) is 11.0 Å². The lowest BCUT2D eigenvalue weighted by Gasteiger charge is -2.11. The smallest absolute Gasteiger partial charge is 0.196 e. The van der Waals surface area contributed by atoms with Crippen molar-refractivity contribution in [3.05, 3.63) is 95.0 Å². The Kier molecular flexibility index (Phi) is 5.64. The van der Waals surface area contributed by atoms with Crippen molar-refractivity contribution in [1.82, 2.24) is 14.8 Å². The molecule has 1 heterocycles. The van der Waals surface area contributed by atoms with Gasteiger partial charge in [-0.2, -0.15) is 0 Å². The van der Waals surface area contributed by atoms with Crippen molar-refractivity contribution < 1.29 is 9.90 Å². The van der Waals surface area contributed by atoms with Crippen LogP contribution in [-0.4, -0.2) is 20.7 Å². The number of carboxylic acids is 1. The predicted molar refractivity (Wildman–Crippen MR) is 112 cm³/mol. The molecular weight excluding hydrogens is 406 g/mol. The van der Waals surface area contributed by atoms with Crippen molar-refractivity contribution in [1.29, 1.82) is 0 Å². The van der Waals surface area contributed by atoms with Crippen molar-refractivity contribution in [2.24, 2.45) is 0 Å². The van der Waals surface area contributed by atoms with Gasteiger partial charge in [-0.05, 0) is 35.4 Å². The van der Waals surface area contributed by atoms with Gasteiger partial charge in [0.05, 0.1) is 11.0 Å². The summed E-state index contributed by atoms with van der Waals surface area (Å²) < 4.78 is 1.97. The molecule has 144 valence electrons. The first-order valence-corrected chi connectivity index (χ1v) is 10.2. The number of carbonyl (C=O) groups is 1. The zero-order valence-corrected chi connectivity index (χ0v) is 16.7. The number of thioether (sulfide) groups is 1. The molecule has 7 heteroatoms. The molecule has 0 spiro atoms. The number of aromatic nitrogens is 3.